The van der Waals surface area contributed by atoms with Gasteiger partial charge >= 0.3 is 0 Å². The molecule has 0 atom stereocenters. The van der Waals surface area contributed by atoms with Gasteiger partial charge < -0.3 is 15.1 Å². The van der Waals surface area contributed by atoms with Crippen LogP contribution in [0.1, 0.15) is 18.1 Å². The molecule has 0 aliphatic carbocycles. The summed E-state index contributed by atoms with van der Waals surface area (Å²) in [6.07, 6.45) is 3.23. The predicted molar refractivity (Wildman–Crippen MR) is 117 cm³/mol. The number of piperazine rings is 1. The highest BCUT2D eigenvalue weighted by molar-refractivity contribution is 5.91. The number of anilines is 2. The second kappa shape index (κ2) is 9.35. The number of pyridine rings is 1. The molecule has 1 aromatic carbocycles. The van der Waals surface area contributed by atoms with Crippen LogP contribution in [0.15, 0.2) is 55.8 Å². The summed E-state index contributed by atoms with van der Waals surface area (Å²) < 4.78 is 14.2. The van der Waals surface area contributed by atoms with Gasteiger partial charge in [0.1, 0.15) is 11.6 Å². The SMILES string of the molecule is C=CC(=C)c1ccc(CC(=O)Nc2ccc(N3CCN(C(C)=O)CC3)cn2)cc1F. The summed E-state index contributed by atoms with van der Waals surface area (Å²) in [6, 6.07) is 8.26. The van der Waals surface area contributed by atoms with Crippen LogP contribution in [0.2, 0.25) is 0 Å². The van der Waals surface area contributed by atoms with Crippen molar-refractivity contribution in [1.29, 1.82) is 0 Å². The van der Waals surface area contributed by atoms with Crippen molar-refractivity contribution in [1.82, 2.24) is 9.88 Å². The molecule has 1 N–H and O–H groups in total. The Morgan fingerprint density at radius 3 is 2.50 bits per heavy atom. The number of hydrogen-bond acceptors (Lipinski definition) is 4. The molecule has 0 spiro atoms. The fraction of sp³-hybridized carbons (Fsp3) is 0.261. The Morgan fingerprint density at radius 2 is 1.93 bits per heavy atom. The minimum absolute atomic E-state index is 0.0359. The number of amides is 2. The first-order valence-electron chi connectivity index (χ1n) is 9.74. The maximum Gasteiger partial charge on any atom is 0.229 e. The van der Waals surface area contributed by atoms with Crippen molar-refractivity contribution in [2.75, 3.05) is 36.4 Å². The minimum Gasteiger partial charge on any atom is -0.367 e. The fourth-order valence-electron chi connectivity index (χ4n) is 3.34. The minimum atomic E-state index is -0.433. The lowest BCUT2D eigenvalue weighted by Gasteiger charge is -2.35. The van der Waals surface area contributed by atoms with Crippen molar-refractivity contribution in [2.45, 2.75) is 13.3 Å². The van der Waals surface area contributed by atoms with Gasteiger partial charge in [-0.2, -0.15) is 0 Å². The molecule has 0 radical (unpaired) electrons. The first kappa shape index (κ1) is 21.2. The van der Waals surface area contributed by atoms with Crippen molar-refractivity contribution in [3.8, 4) is 0 Å². The molecule has 0 saturated carbocycles. The Bertz CT molecular complexity index is 964. The molecule has 7 heteroatoms. The van der Waals surface area contributed by atoms with Gasteiger partial charge in [0.25, 0.3) is 0 Å². The number of hydrogen-bond donors (Lipinski definition) is 1. The first-order chi connectivity index (χ1) is 14.4. The average molecular weight is 408 g/mol. The lowest BCUT2D eigenvalue weighted by atomic mass is 10.0. The predicted octanol–water partition coefficient (Wildman–Crippen LogP) is 3.27. The lowest BCUT2D eigenvalue weighted by molar-refractivity contribution is -0.129. The van der Waals surface area contributed by atoms with Crippen molar-refractivity contribution in [3.63, 3.8) is 0 Å². The summed E-state index contributed by atoms with van der Waals surface area (Å²) in [6.45, 7) is 11.8. The summed E-state index contributed by atoms with van der Waals surface area (Å²) >= 11 is 0. The van der Waals surface area contributed by atoms with E-state index in [2.05, 4.69) is 28.4 Å². The summed E-state index contributed by atoms with van der Waals surface area (Å²) in [5.41, 5.74) is 2.37. The van der Waals surface area contributed by atoms with E-state index in [1.165, 1.54) is 12.1 Å². The molecule has 0 bridgehead atoms. The molecule has 2 heterocycles. The third-order valence-corrected chi connectivity index (χ3v) is 5.10. The summed E-state index contributed by atoms with van der Waals surface area (Å²) in [4.78, 5) is 32.0. The van der Waals surface area contributed by atoms with Crippen LogP contribution in [0.25, 0.3) is 5.57 Å². The third-order valence-electron chi connectivity index (χ3n) is 5.10. The van der Waals surface area contributed by atoms with Crippen LogP contribution in [-0.2, 0) is 16.0 Å². The van der Waals surface area contributed by atoms with Gasteiger partial charge in [0, 0.05) is 38.7 Å². The number of halogens is 1. The quantitative estimate of drug-likeness (QED) is 0.745. The van der Waals surface area contributed by atoms with Gasteiger partial charge in [-0.1, -0.05) is 31.4 Å². The normalized spacial score (nSPS) is 13.7. The molecule has 1 aliphatic rings. The second-order valence-electron chi connectivity index (χ2n) is 7.16. The zero-order valence-corrected chi connectivity index (χ0v) is 17.0. The molecule has 6 nitrogen and oxygen atoms in total. The summed E-state index contributed by atoms with van der Waals surface area (Å²) in [7, 11) is 0. The number of rotatable bonds is 6. The van der Waals surface area contributed by atoms with Gasteiger partial charge in [0.05, 0.1) is 18.3 Å². The van der Waals surface area contributed by atoms with E-state index in [-0.39, 0.29) is 18.2 Å². The van der Waals surface area contributed by atoms with Gasteiger partial charge in [-0.3, -0.25) is 9.59 Å². The van der Waals surface area contributed by atoms with Gasteiger partial charge in [0.15, 0.2) is 0 Å². The second-order valence-corrected chi connectivity index (χ2v) is 7.16. The van der Waals surface area contributed by atoms with E-state index in [4.69, 9.17) is 0 Å². The highest BCUT2D eigenvalue weighted by Gasteiger charge is 2.19. The number of benzene rings is 1. The van der Waals surface area contributed by atoms with Crippen LogP contribution in [0.5, 0.6) is 0 Å². The maximum absolute atomic E-state index is 14.2. The highest BCUT2D eigenvalue weighted by atomic mass is 19.1. The Kier molecular flexibility index (Phi) is 6.61. The average Bonchev–Trinajstić information content (AvgIpc) is 2.74. The van der Waals surface area contributed by atoms with Crippen molar-refractivity contribution >= 4 is 28.9 Å². The largest absolute Gasteiger partial charge is 0.367 e. The monoisotopic (exact) mass is 408 g/mol. The van der Waals surface area contributed by atoms with E-state index in [1.807, 2.05) is 11.0 Å². The fourth-order valence-corrected chi connectivity index (χ4v) is 3.34. The van der Waals surface area contributed by atoms with Crippen LogP contribution in [0, 0.1) is 5.82 Å². The van der Waals surface area contributed by atoms with Gasteiger partial charge in [-0.25, -0.2) is 9.37 Å². The molecule has 1 aromatic heterocycles. The topological polar surface area (TPSA) is 65.5 Å². The van der Waals surface area contributed by atoms with Crippen LogP contribution in [0.4, 0.5) is 15.9 Å². The number of allylic oxidation sites excluding steroid dienone is 2. The van der Waals surface area contributed by atoms with Crippen LogP contribution in [-0.4, -0.2) is 47.9 Å². The van der Waals surface area contributed by atoms with E-state index in [0.717, 1.165) is 18.8 Å². The number of aromatic nitrogens is 1. The van der Waals surface area contributed by atoms with E-state index >= 15 is 0 Å². The molecule has 156 valence electrons. The molecule has 2 aromatic rings. The molecule has 1 saturated heterocycles. The van der Waals surface area contributed by atoms with E-state index in [1.54, 1.807) is 31.3 Å². The van der Waals surface area contributed by atoms with E-state index in [9.17, 15) is 14.0 Å². The van der Waals surface area contributed by atoms with Crippen molar-refractivity contribution in [2.24, 2.45) is 0 Å². The Hall–Kier alpha value is -3.48. The van der Waals surface area contributed by atoms with E-state index < -0.39 is 5.82 Å². The zero-order valence-electron chi connectivity index (χ0n) is 17.0. The van der Waals surface area contributed by atoms with Crippen molar-refractivity contribution < 1.29 is 14.0 Å². The van der Waals surface area contributed by atoms with Crippen LogP contribution < -0.4 is 10.2 Å². The standard InChI is InChI=1S/C23H25FN4O2/c1-4-16(2)20-7-5-18(13-21(20)24)14-23(30)26-22-8-6-19(15-25-22)28-11-9-27(10-12-28)17(3)29/h4-8,13,15H,1-2,9-12,14H2,3H3,(H,25,26,30). The molecule has 1 aliphatic heterocycles. The molecule has 1 fully saturated rings. The highest BCUT2D eigenvalue weighted by Crippen LogP contribution is 2.20. The molecule has 30 heavy (non-hydrogen) atoms. The van der Waals surface area contributed by atoms with Gasteiger partial charge in [-0.15, -0.1) is 0 Å². The smallest absolute Gasteiger partial charge is 0.229 e. The number of carbonyl (C=O) groups excluding carboxylic acids is 2. The number of carbonyl (C=O) groups is 2. The van der Waals surface area contributed by atoms with E-state index in [0.29, 0.717) is 35.6 Å². The zero-order chi connectivity index (χ0) is 21.7. The summed E-state index contributed by atoms with van der Waals surface area (Å²) in [5, 5.41) is 2.73. The Labute approximate surface area is 175 Å². The maximum atomic E-state index is 14.2. The van der Waals surface area contributed by atoms with Crippen LogP contribution >= 0.6 is 0 Å². The Morgan fingerprint density at radius 1 is 1.20 bits per heavy atom. The summed E-state index contributed by atoms with van der Waals surface area (Å²) in [5.74, 6) is -0.188. The number of nitrogens with one attached hydrogen (secondary N) is 1. The Balaban J connectivity index is 1.56. The van der Waals surface area contributed by atoms with Crippen molar-refractivity contribution in [3.05, 3.63) is 72.7 Å². The van der Waals surface area contributed by atoms with Crippen LogP contribution in [0.3, 0.4) is 0 Å². The molecular weight excluding hydrogens is 383 g/mol. The first-order valence-corrected chi connectivity index (χ1v) is 9.74. The third kappa shape index (κ3) is 5.11. The lowest BCUT2D eigenvalue weighted by Crippen LogP contribution is -2.48. The number of nitrogens with zero attached hydrogens (tertiary/aromatic N) is 3. The molecule has 3 rings (SSSR count). The van der Waals surface area contributed by atoms with Gasteiger partial charge in [-0.05, 0) is 29.3 Å². The molecule has 2 amide bonds. The van der Waals surface area contributed by atoms with Gasteiger partial charge in [0.2, 0.25) is 11.8 Å². The molecular formula is C23H25FN4O2. The molecule has 0 unspecified atom stereocenters.